The first-order chi connectivity index (χ1) is 19.6. The number of fused-ring (bicyclic) bond motifs is 1. The van der Waals surface area contributed by atoms with Gasteiger partial charge in [-0.15, -0.1) is 11.8 Å². The van der Waals surface area contributed by atoms with Gasteiger partial charge in [-0.2, -0.15) is 4.98 Å². The maximum absolute atomic E-state index is 16.0. The van der Waals surface area contributed by atoms with Crippen LogP contribution in [0.25, 0.3) is 28.0 Å². The Morgan fingerprint density at radius 2 is 1.85 bits per heavy atom. The molecule has 41 heavy (non-hydrogen) atoms. The molecular formula is C30H30F2N6O2S. The SMILES string of the molecule is C=CC(=O)N1C[C@H](C)N(c2nc(=O)n(-c3c(C)ccnc3C)c3nc(-c4c(F)cccc4SC)c(F)cc23)C[C@H]1C. The molecule has 1 fully saturated rings. The number of carbonyl (C=O) groups is 1. The molecule has 1 saturated heterocycles. The van der Waals surface area contributed by atoms with Gasteiger partial charge in [0.1, 0.15) is 17.3 Å². The first kappa shape index (κ1) is 28.4. The lowest BCUT2D eigenvalue weighted by atomic mass is 10.1. The summed E-state index contributed by atoms with van der Waals surface area (Å²) in [6.45, 7) is 11.7. The van der Waals surface area contributed by atoms with E-state index >= 15 is 8.78 Å². The molecule has 5 rings (SSSR count). The number of halogens is 2. The fourth-order valence-corrected chi connectivity index (χ4v) is 6.09. The number of nitrogens with zero attached hydrogens (tertiary/aromatic N) is 6. The van der Waals surface area contributed by atoms with Crippen molar-refractivity contribution in [1.82, 2.24) is 24.4 Å². The number of thioether (sulfide) groups is 1. The largest absolute Gasteiger partial charge is 0.355 e. The van der Waals surface area contributed by atoms with E-state index in [2.05, 4.69) is 21.5 Å². The Balaban J connectivity index is 1.83. The van der Waals surface area contributed by atoms with E-state index in [0.29, 0.717) is 29.4 Å². The van der Waals surface area contributed by atoms with Gasteiger partial charge in [-0.3, -0.25) is 9.78 Å². The first-order valence-corrected chi connectivity index (χ1v) is 14.4. The summed E-state index contributed by atoms with van der Waals surface area (Å²) in [5.74, 6) is -1.30. The zero-order chi connectivity index (χ0) is 29.6. The van der Waals surface area contributed by atoms with Gasteiger partial charge in [0.2, 0.25) is 5.91 Å². The van der Waals surface area contributed by atoms with Gasteiger partial charge >= 0.3 is 5.69 Å². The van der Waals surface area contributed by atoms with Crippen LogP contribution in [0.3, 0.4) is 0 Å². The van der Waals surface area contributed by atoms with E-state index in [1.54, 1.807) is 42.5 Å². The normalized spacial score (nSPS) is 17.2. The molecule has 0 aliphatic carbocycles. The van der Waals surface area contributed by atoms with Crippen LogP contribution in [0.1, 0.15) is 25.1 Å². The van der Waals surface area contributed by atoms with Crippen LogP contribution in [0.4, 0.5) is 14.6 Å². The van der Waals surface area contributed by atoms with Crippen molar-refractivity contribution in [2.45, 2.75) is 44.7 Å². The number of anilines is 1. The Bertz CT molecular complexity index is 1740. The van der Waals surface area contributed by atoms with E-state index in [0.717, 1.165) is 5.56 Å². The first-order valence-electron chi connectivity index (χ1n) is 13.2. The maximum Gasteiger partial charge on any atom is 0.355 e. The smallest absolute Gasteiger partial charge is 0.349 e. The summed E-state index contributed by atoms with van der Waals surface area (Å²) >= 11 is 1.27. The summed E-state index contributed by atoms with van der Waals surface area (Å²) < 4.78 is 32.5. The molecule has 0 radical (unpaired) electrons. The summed E-state index contributed by atoms with van der Waals surface area (Å²) in [6, 6.07) is 7.07. The molecular weight excluding hydrogens is 546 g/mol. The second kappa shape index (κ2) is 11.0. The lowest BCUT2D eigenvalue weighted by Gasteiger charge is -2.44. The number of amides is 1. The Morgan fingerprint density at radius 1 is 1.10 bits per heavy atom. The Hall–Kier alpha value is -4.12. The lowest BCUT2D eigenvalue weighted by molar-refractivity contribution is -0.128. The predicted molar refractivity (Wildman–Crippen MR) is 158 cm³/mol. The monoisotopic (exact) mass is 576 g/mol. The van der Waals surface area contributed by atoms with Crippen molar-refractivity contribution >= 4 is 34.5 Å². The fraction of sp³-hybridized carbons (Fsp3) is 0.300. The summed E-state index contributed by atoms with van der Waals surface area (Å²) in [6.07, 6.45) is 4.69. The standard InChI is InChI=1S/C30H30F2N6O2S/c1-7-24(39)36-14-18(4)37(15-17(36)3)28-20-13-22(32)26(25-21(31)9-8-10-23(25)41-6)34-29(20)38(30(40)35-28)27-16(2)11-12-33-19(27)5/h7-13,17-18H,1,14-15H2,2-6H3/t17-,18+/m1/s1. The van der Waals surface area contributed by atoms with Crippen molar-refractivity contribution in [3.63, 3.8) is 0 Å². The average molecular weight is 577 g/mol. The van der Waals surface area contributed by atoms with E-state index in [4.69, 9.17) is 0 Å². The number of rotatable bonds is 5. The summed E-state index contributed by atoms with van der Waals surface area (Å²) in [4.78, 5) is 43.8. The van der Waals surface area contributed by atoms with Crippen LogP contribution in [0.2, 0.25) is 0 Å². The predicted octanol–water partition coefficient (Wildman–Crippen LogP) is 5.07. The van der Waals surface area contributed by atoms with Crippen molar-refractivity contribution in [1.29, 1.82) is 0 Å². The molecule has 212 valence electrons. The quantitative estimate of drug-likeness (QED) is 0.242. The molecule has 4 aromatic rings. The van der Waals surface area contributed by atoms with E-state index in [9.17, 15) is 9.59 Å². The number of hydrogen-bond acceptors (Lipinski definition) is 7. The van der Waals surface area contributed by atoms with Gasteiger partial charge in [-0.05, 0) is 69.9 Å². The number of piperazine rings is 1. The Labute approximate surface area is 240 Å². The van der Waals surface area contributed by atoms with Crippen molar-refractivity contribution in [3.8, 4) is 16.9 Å². The van der Waals surface area contributed by atoms with Gasteiger partial charge in [-0.25, -0.2) is 23.1 Å². The van der Waals surface area contributed by atoms with Crippen molar-refractivity contribution in [2.24, 2.45) is 0 Å². The minimum Gasteiger partial charge on any atom is -0.349 e. The van der Waals surface area contributed by atoms with Crippen molar-refractivity contribution in [2.75, 3.05) is 24.2 Å². The number of hydrogen-bond donors (Lipinski definition) is 0. The highest BCUT2D eigenvalue weighted by atomic mass is 32.2. The van der Waals surface area contributed by atoms with E-state index in [1.807, 2.05) is 25.7 Å². The second-order valence-electron chi connectivity index (χ2n) is 10.2. The molecule has 8 nitrogen and oxygen atoms in total. The molecule has 1 aliphatic heterocycles. The Morgan fingerprint density at radius 3 is 2.54 bits per heavy atom. The van der Waals surface area contributed by atoms with E-state index < -0.39 is 17.3 Å². The Kier molecular flexibility index (Phi) is 7.65. The number of benzene rings is 1. The molecule has 0 saturated carbocycles. The van der Waals surface area contributed by atoms with Gasteiger partial charge < -0.3 is 9.80 Å². The molecule has 0 unspecified atom stereocenters. The molecule has 3 aromatic heterocycles. The summed E-state index contributed by atoms with van der Waals surface area (Å²) in [5.41, 5.74) is 1.12. The van der Waals surface area contributed by atoms with Crippen LogP contribution >= 0.6 is 11.8 Å². The molecule has 0 spiro atoms. The highest BCUT2D eigenvalue weighted by molar-refractivity contribution is 7.98. The zero-order valence-electron chi connectivity index (χ0n) is 23.5. The van der Waals surface area contributed by atoms with Crippen LogP contribution in [0, 0.1) is 25.5 Å². The molecule has 1 amide bonds. The van der Waals surface area contributed by atoms with Gasteiger partial charge in [0.05, 0.1) is 22.3 Å². The second-order valence-corrected chi connectivity index (χ2v) is 11.0. The minimum absolute atomic E-state index is 0.0231. The number of carbonyl (C=O) groups excluding carboxylic acids is 1. The van der Waals surface area contributed by atoms with Crippen LogP contribution in [0.15, 0.2) is 58.9 Å². The third-order valence-corrected chi connectivity index (χ3v) is 8.26. The van der Waals surface area contributed by atoms with Crippen LogP contribution in [-0.2, 0) is 4.79 Å². The summed E-state index contributed by atoms with van der Waals surface area (Å²) in [7, 11) is 0. The zero-order valence-corrected chi connectivity index (χ0v) is 24.3. The molecule has 2 atom stereocenters. The molecule has 1 aromatic carbocycles. The number of aromatic nitrogens is 4. The van der Waals surface area contributed by atoms with Gasteiger partial charge in [0, 0.05) is 36.3 Å². The third kappa shape index (κ3) is 4.88. The maximum atomic E-state index is 16.0. The minimum atomic E-state index is -0.744. The van der Waals surface area contributed by atoms with Gasteiger partial charge in [-0.1, -0.05) is 12.6 Å². The van der Waals surface area contributed by atoms with Crippen LogP contribution in [-0.4, -0.2) is 61.8 Å². The van der Waals surface area contributed by atoms with E-state index in [-0.39, 0.29) is 46.1 Å². The van der Waals surface area contributed by atoms with Crippen LogP contribution < -0.4 is 10.6 Å². The fourth-order valence-electron chi connectivity index (χ4n) is 5.48. The number of pyridine rings is 2. The topological polar surface area (TPSA) is 84.2 Å². The highest BCUT2D eigenvalue weighted by Gasteiger charge is 2.34. The molecule has 4 heterocycles. The van der Waals surface area contributed by atoms with Gasteiger partial charge in [0.25, 0.3) is 0 Å². The third-order valence-electron chi connectivity index (χ3n) is 7.48. The number of aryl methyl sites for hydroxylation is 2. The average Bonchev–Trinajstić information content (AvgIpc) is 2.94. The van der Waals surface area contributed by atoms with Gasteiger partial charge in [0.15, 0.2) is 11.5 Å². The molecule has 0 N–H and O–H groups in total. The molecule has 0 bridgehead atoms. The van der Waals surface area contributed by atoms with Crippen molar-refractivity contribution in [3.05, 3.63) is 82.6 Å². The van der Waals surface area contributed by atoms with Crippen molar-refractivity contribution < 1.29 is 13.6 Å². The molecule has 11 heteroatoms. The lowest BCUT2D eigenvalue weighted by Crippen LogP contribution is -2.58. The van der Waals surface area contributed by atoms with E-state index in [1.165, 1.54) is 34.5 Å². The summed E-state index contributed by atoms with van der Waals surface area (Å²) in [5, 5.41) is 0.290. The highest BCUT2D eigenvalue weighted by Crippen LogP contribution is 2.37. The molecule has 1 aliphatic rings. The van der Waals surface area contributed by atoms with Crippen LogP contribution in [0.5, 0.6) is 0 Å².